The van der Waals surface area contributed by atoms with Crippen molar-refractivity contribution in [1.29, 1.82) is 0 Å². The van der Waals surface area contributed by atoms with Crippen LogP contribution in [0.2, 0.25) is 0 Å². The van der Waals surface area contributed by atoms with E-state index in [1.807, 2.05) is 12.1 Å². The fourth-order valence-corrected chi connectivity index (χ4v) is 4.17. The zero-order valence-corrected chi connectivity index (χ0v) is 12.7. The fourth-order valence-electron chi connectivity index (χ4n) is 2.00. The number of sulfone groups is 1. The molecule has 1 atom stereocenters. The molecule has 1 amide bonds. The van der Waals surface area contributed by atoms with E-state index in [1.54, 1.807) is 12.1 Å². The molecule has 1 saturated heterocycles. The van der Waals surface area contributed by atoms with Crippen molar-refractivity contribution in [2.24, 2.45) is 0 Å². The van der Waals surface area contributed by atoms with Crippen LogP contribution in [0.3, 0.4) is 0 Å². The summed E-state index contributed by atoms with van der Waals surface area (Å²) < 4.78 is 24.7. The first-order valence-corrected chi connectivity index (χ1v) is 8.56. The molecule has 0 bridgehead atoms. The summed E-state index contributed by atoms with van der Waals surface area (Å²) in [5.41, 5.74) is 0.640. The second-order valence-corrected chi connectivity index (χ2v) is 7.90. The number of rotatable bonds is 2. The summed E-state index contributed by atoms with van der Waals surface area (Å²) in [5.74, 6) is -0.284. The van der Waals surface area contributed by atoms with Crippen LogP contribution in [0, 0.1) is 3.57 Å². The molecule has 1 aliphatic rings. The fraction of sp³-hybridized carbons (Fsp3) is 0.417. The van der Waals surface area contributed by atoms with E-state index in [1.165, 1.54) is 0 Å². The molecular weight excluding hydrogens is 365 g/mol. The average molecular weight is 379 g/mol. The molecule has 1 aliphatic heterocycles. The molecule has 1 heterocycles. The summed E-state index contributed by atoms with van der Waals surface area (Å²) in [7, 11) is -3.26. The Balaban J connectivity index is 2.10. The number of hydrogen-bond donors (Lipinski definition) is 1. The van der Waals surface area contributed by atoms with Gasteiger partial charge in [-0.25, -0.2) is 8.42 Å². The molecule has 2 rings (SSSR count). The Morgan fingerprint density at radius 3 is 2.50 bits per heavy atom. The van der Waals surface area contributed by atoms with Crippen molar-refractivity contribution in [1.82, 2.24) is 0 Å². The highest BCUT2D eigenvalue weighted by Crippen LogP contribution is 2.21. The first-order valence-electron chi connectivity index (χ1n) is 5.77. The van der Waals surface area contributed by atoms with Gasteiger partial charge in [-0.2, -0.15) is 0 Å². The number of hydrogen-bond acceptors (Lipinski definition) is 3. The predicted octanol–water partition coefficient (Wildman–Crippen LogP) is 2.20. The maximum atomic E-state index is 12.0. The van der Waals surface area contributed by atoms with Crippen LogP contribution in [0.4, 0.5) is 5.69 Å². The Kier molecular flexibility index (Phi) is 4.26. The van der Waals surface area contributed by atoms with Gasteiger partial charge < -0.3 is 5.32 Å². The number of anilines is 1. The zero-order chi connectivity index (χ0) is 13.2. The number of amides is 1. The second-order valence-electron chi connectivity index (χ2n) is 4.35. The van der Waals surface area contributed by atoms with E-state index in [-0.39, 0.29) is 5.75 Å². The molecule has 0 radical (unpaired) electrons. The molecule has 18 heavy (non-hydrogen) atoms. The summed E-state index contributed by atoms with van der Waals surface area (Å²) >= 11 is 2.17. The largest absolute Gasteiger partial charge is 0.325 e. The molecule has 1 fully saturated rings. The summed E-state index contributed by atoms with van der Waals surface area (Å²) in [6.07, 6.45) is 1.89. The summed E-state index contributed by atoms with van der Waals surface area (Å²) in [6, 6.07) is 7.28. The Hall–Kier alpha value is -0.630. The zero-order valence-electron chi connectivity index (χ0n) is 9.73. The highest BCUT2D eigenvalue weighted by molar-refractivity contribution is 14.1. The lowest BCUT2D eigenvalue weighted by molar-refractivity contribution is -0.116. The number of carbonyl (C=O) groups excluding carboxylic acids is 1. The van der Waals surface area contributed by atoms with Crippen molar-refractivity contribution in [2.45, 2.75) is 24.5 Å². The van der Waals surface area contributed by atoms with E-state index >= 15 is 0 Å². The molecule has 6 heteroatoms. The number of carbonyl (C=O) groups is 1. The van der Waals surface area contributed by atoms with Crippen molar-refractivity contribution in [2.75, 3.05) is 11.1 Å². The number of benzene rings is 1. The summed E-state index contributed by atoms with van der Waals surface area (Å²) in [4.78, 5) is 12.0. The van der Waals surface area contributed by atoms with Gasteiger partial charge in [0.1, 0.15) is 5.25 Å². The van der Waals surface area contributed by atoms with Crippen LogP contribution >= 0.6 is 22.6 Å². The van der Waals surface area contributed by atoms with E-state index in [4.69, 9.17) is 0 Å². The van der Waals surface area contributed by atoms with Crippen molar-refractivity contribution in [3.05, 3.63) is 27.8 Å². The van der Waals surface area contributed by atoms with Crippen LogP contribution in [0.1, 0.15) is 19.3 Å². The molecule has 1 unspecified atom stereocenters. The molecule has 0 saturated carbocycles. The van der Waals surface area contributed by atoms with E-state index in [0.29, 0.717) is 18.5 Å². The van der Waals surface area contributed by atoms with Gasteiger partial charge in [0.25, 0.3) is 0 Å². The lowest BCUT2D eigenvalue weighted by Gasteiger charge is -2.21. The molecule has 4 nitrogen and oxygen atoms in total. The van der Waals surface area contributed by atoms with Gasteiger partial charge in [-0.1, -0.05) is 6.42 Å². The second kappa shape index (κ2) is 5.56. The number of halogens is 1. The monoisotopic (exact) mass is 379 g/mol. The van der Waals surface area contributed by atoms with Gasteiger partial charge in [-0.3, -0.25) is 4.79 Å². The molecule has 0 aliphatic carbocycles. The van der Waals surface area contributed by atoms with Crippen LogP contribution in [-0.2, 0) is 14.6 Å². The van der Waals surface area contributed by atoms with E-state index in [9.17, 15) is 13.2 Å². The molecular formula is C12H14INO3S. The standard InChI is InChI=1S/C12H14INO3S/c13-9-4-6-10(7-5-9)14-12(15)11-3-1-2-8-18(11,16)17/h4-7,11H,1-3,8H2,(H,14,15). The van der Waals surface area contributed by atoms with Crippen LogP contribution in [-0.4, -0.2) is 25.3 Å². The quantitative estimate of drug-likeness (QED) is 0.802. The molecule has 0 spiro atoms. The first-order chi connectivity index (χ1) is 8.49. The van der Waals surface area contributed by atoms with Gasteiger partial charge in [0.2, 0.25) is 5.91 Å². The summed E-state index contributed by atoms with van der Waals surface area (Å²) in [6.45, 7) is 0. The Morgan fingerprint density at radius 2 is 1.89 bits per heavy atom. The van der Waals surface area contributed by atoms with Crippen molar-refractivity contribution >= 4 is 44.0 Å². The van der Waals surface area contributed by atoms with E-state index < -0.39 is 21.0 Å². The summed E-state index contributed by atoms with van der Waals surface area (Å²) in [5, 5.41) is 1.79. The molecule has 1 N–H and O–H groups in total. The van der Waals surface area contributed by atoms with E-state index in [2.05, 4.69) is 27.9 Å². The maximum absolute atomic E-state index is 12.0. The molecule has 1 aromatic rings. The molecule has 98 valence electrons. The smallest absolute Gasteiger partial charge is 0.242 e. The lowest BCUT2D eigenvalue weighted by Crippen LogP contribution is -2.39. The normalized spacial score (nSPS) is 22.4. The van der Waals surface area contributed by atoms with Gasteiger partial charge in [0, 0.05) is 9.26 Å². The predicted molar refractivity (Wildman–Crippen MR) is 79.2 cm³/mol. The third kappa shape index (κ3) is 3.23. The average Bonchev–Trinajstić information content (AvgIpc) is 2.31. The van der Waals surface area contributed by atoms with Crippen molar-refractivity contribution < 1.29 is 13.2 Å². The molecule has 0 aromatic heterocycles. The molecule has 1 aromatic carbocycles. The third-order valence-corrected chi connectivity index (χ3v) is 5.88. The Morgan fingerprint density at radius 1 is 1.22 bits per heavy atom. The Bertz CT molecular complexity index is 539. The lowest BCUT2D eigenvalue weighted by atomic mass is 10.2. The van der Waals surface area contributed by atoms with Crippen molar-refractivity contribution in [3.63, 3.8) is 0 Å². The van der Waals surface area contributed by atoms with Gasteiger partial charge in [-0.05, 0) is 59.7 Å². The topological polar surface area (TPSA) is 63.2 Å². The van der Waals surface area contributed by atoms with Gasteiger partial charge in [-0.15, -0.1) is 0 Å². The van der Waals surface area contributed by atoms with Crippen LogP contribution in [0.25, 0.3) is 0 Å². The minimum atomic E-state index is -3.26. The van der Waals surface area contributed by atoms with Crippen LogP contribution in [0.15, 0.2) is 24.3 Å². The highest BCUT2D eigenvalue weighted by atomic mass is 127. The van der Waals surface area contributed by atoms with Crippen LogP contribution in [0.5, 0.6) is 0 Å². The first kappa shape index (κ1) is 13.8. The van der Waals surface area contributed by atoms with Gasteiger partial charge >= 0.3 is 0 Å². The van der Waals surface area contributed by atoms with Crippen molar-refractivity contribution in [3.8, 4) is 0 Å². The highest BCUT2D eigenvalue weighted by Gasteiger charge is 2.34. The number of nitrogens with one attached hydrogen (secondary N) is 1. The third-order valence-electron chi connectivity index (χ3n) is 2.98. The van der Waals surface area contributed by atoms with Crippen LogP contribution < -0.4 is 5.32 Å². The SMILES string of the molecule is O=C(Nc1ccc(I)cc1)C1CCCCS1(=O)=O. The van der Waals surface area contributed by atoms with Gasteiger partial charge in [0.15, 0.2) is 9.84 Å². The minimum Gasteiger partial charge on any atom is -0.325 e. The minimum absolute atomic E-state index is 0.123. The maximum Gasteiger partial charge on any atom is 0.242 e. The Labute approximate surface area is 120 Å². The van der Waals surface area contributed by atoms with E-state index in [0.717, 1.165) is 9.99 Å². The van der Waals surface area contributed by atoms with Gasteiger partial charge in [0.05, 0.1) is 5.75 Å².